The zero-order valence-corrected chi connectivity index (χ0v) is 14.4. The van der Waals surface area contributed by atoms with Crippen LogP contribution in [0.15, 0.2) is 54.6 Å². The van der Waals surface area contributed by atoms with E-state index in [1.165, 1.54) is 0 Å². The van der Waals surface area contributed by atoms with Gasteiger partial charge in [0.2, 0.25) is 11.6 Å². The summed E-state index contributed by atoms with van der Waals surface area (Å²) in [7, 11) is 0. The number of rotatable bonds is 5. The van der Waals surface area contributed by atoms with E-state index < -0.39 is 5.97 Å². The molecule has 0 fully saturated rings. The Morgan fingerprint density at radius 3 is 2.22 bits per heavy atom. The summed E-state index contributed by atoms with van der Waals surface area (Å²) in [6.45, 7) is 0.347. The minimum atomic E-state index is -0.955. The zero-order chi connectivity index (χ0) is 19.0. The van der Waals surface area contributed by atoms with Crippen molar-refractivity contribution >= 4 is 17.5 Å². The maximum absolute atomic E-state index is 13.1. The van der Waals surface area contributed by atoms with Gasteiger partial charge in [0.25, 0.3) is 0 Å². The van der Waals surface area contributed by atoms with Crippen molar-refractivity contribution in [1.29, 1.82) is 0 Å². The highest BCUT2D eigenvalue weighted by atomic mass is 16.4. The fourth-order valence-corrected chi connectivity index (χ4v) is 3.37. The van der Waals surface area contributed by atoms with Crippen LogP contribution in [0.3, 0.4) is 0 Å². The minimum Gasteiger partial charge on any atom is -0.481 e. The van der Waals surface area contributed by atoms with Crippen molar-refractivity contribution in [3.05, 3.63) is 88.5 Å². The van der Waals surface area contributed by atoms with Crippen molar-refractivity contribution in [2.45, 2.75) is 19.4 Å². The third-order valence-corrected chi connectivity index (χ3v) is 4.64. The molecule has 0 bridgehead atoms. The molecule has 1 aromatic heterocycles. The summed E-state index contributed by atoms with van der Waals surface area (Å²) in [5, 5.41) is 9.03. The monoisotopic (exact) mass is 360 g/mol. The maximum atomic E-state index is 13.1. The van der Waals surface area contributed by atoms with Gasteiger partial charge in [0.05, 0.1) is 6.42 Å². The highest BCUT2D eigenvalue weighted by molar-refractivity contribution is 6.27. The maximum Gasteiger partial charge on any atom is 0.303 e. The third kappa shape index (κ3) is 2.95. The number of fused-ring (bicyclic) bond motifs is 2. The second-order valence-corrected chi connectivity index (χ2v) is 6.39. The largest absolute Gasteiger partial charge is 0.481 e. The molecule has 134 valence electrons. The Morgan fingerprint density at radius 1 is 0.926 bits per heavy atom. The Labute approximate surface area is 155 Å². The van der Waals surface area contributed by atoms with Gasteiger partial charge < -0.3 is 9.67 Å². The summed E-state index contributed by atoms with van der Waals surface area (Å²) in [5.41, 5.74) is 1.98. The minimum absolute atomic E-state index is 0.106. The van der Waals surface area contributed by atoms with Gasteiger partial charge in [0.1, 0.15) is 17.2 Å². The molecule has 0 saturated carbocycles. The number of carboxylic acids is 1. The summed E-state index contributed by atoms with van der Waals surface area (Å²) in [5.74, 6) is -1.09. The second kappa shape index (κ2) is 6.64. The summed E-state index contributed by atoms with van der Waals surface area (Å²) in [6.07, 6.45) is 0.0199. The van der Waals surface area contributed by atoms with Crippen LogP contribution < -0.4 is 0 Å². The molecule has 0 spiro atoms. The Hall–Kier alpha value is -3.54. The van der Waals surface area contributed by atoms with Crippen molar-refractivity contribution in [2.75, 3.05) is 0 Å². The lowest BCUT2D eigenvalue weighted by Gasteiger charge is -2.16. The molecule has 0 aliphatic heterocycles. The molecule has 27 heavy (non-hydrogen) atoms. The molecule has 1 N–H and O–H groups in total. The van der Waals surface area contributed by atoms with Crippen LogP contribution in [0.2, 0.25) is 0 Å². The number of aromatic nitrogens is 2. The van der Waals surface area contributed by atoms with Gasteiger partial charge in [-0.25, -0.2) is 4.98 Å². The number of aliphatic carboxylic acids is 1. The molecule has 0 radical (unpaired) electrons. The van der Waals surface area contributed by atoms with Gasteiger partial charge in [0.15, 0.2) is 0 Å². The fourth-order valence-electron chi connectivity index (χ4n) is 3.37. The first kappa shape index (κ1) is 16.9. The Bertz CT molecular complexity index is 1070. The molecule has 4 rings (SSSR count). The van der Waals surface area contributed by atoms with Crippen LogP contribution in [0.25, 0.3) is 0 Å². The predicted octanol–water partition coefficient (Wildman–Crippen LogP) is 2.72. The number of hydrogen-bond acceptors (Lipinski definition) is 4. The highest BCUT2D eigenvalue weighted by Crippen LogP contribution is 2.28. The molecule has 6 heteroatoms. The van der Waals surface area contributed by atoms with E-state index in [1.807, 2.05) is 30.3 Å². The molecule has 6 nitrogen and oxygen atoms in total. The Morgan fingerprint density at radius 2 is 1.56 bits per heavy atom. The summed E-state index contributed by atoms with van der Waals surface area (Å²) in [6, 6.07) is 16.2. The lowest BCUT2D eigenvalue weighted by molar-refractivity contribution is -0.137. The van der Waals surface area contributed by atoms with E-state index in [-0.39, 0.29) is 35.8 Å². The van der Waals surface area contributed by atoms with Crippen molar-refractivity contribution < 1.29 is 19.5 Å². The van der Waals surface area contributed by atoms with Gasteiger partial charge >= 0.3 is 5.97 Å². The first-order chi connectivity index (χ1) is 13.1. The standard InChI is InChI=1S/C21H16N2O4/c24-17(25)11-10-16-22-18-19(23(16)12-13-6-2-1-3-7-13)21(27)15-9-5-4-8-14(15)20(18)26/h1-9H,10-12H2,(H,24,25). The predicted molar refractivity (Wildman–Crippen MR) is 97.0 cm³/mol. The van der Waals surface area contributed by atoms with Crippen LogP contribution in [-0.2, 0) is 17.8 Å². The van der Waals surface area contributed by atoms with Crippen LogP contribution >= 0.6 is 0 Å². The number of nitrogens with zero attached hydrogens (tertiary/aromatic N) is 2. The molecular formula is C21H16N2O4. The van der Waals surface area contributed by atoms with Gasteiger partial charge in [-0.15, -0.1) is 0 Å². The molecule has 2 aromatic carbocycles. The van der Waals surface area contributed by atoms with Crippen LogP contribution in [0.5, 0.6) is 0 Å². The molecular weight excluding hydrogens is 344 g/mol. The lowest BCUT2D eigenvalue weighted by atomic mass is 9.90. The number of benzene rings is 2. The van der Waals surface area contributed by atoms with E-state index >= 15 is 0 Å². The van der Waals surface area contributed by atoms with Crippen molar-refractivity contribution in [2.24, 2.45) is 0 Å². The molecule has 0 amide bonds. The number of carboxylic acid groups (broad SMARTS) is 1. The first-order valence-electron chi connectivity index (χ1n) is 8.60. The van der Waals surface area contributed by atoms with E-state index in [0.29, 0.717) is 23.5 Å². The van der Waals surface area contributed by atoms with Crippen molar-refractivity contribution in [1.82, 2.24) is 9.55 Å². The first-order valence-corrected chi connectivity index (χ1v) is 8.60. The van der Waals surface area contributed by atoms with Gasteiger partial charge in [-0.3, -0.25) is 14.4 Å². The normalized spacial score (nSPS) is 12.6. The van der Waals surface area contributed by atoms with E-state index in [2.05, 4.69) is 4.98 Å². The van der Waals surface area contributed by atoms with Gasteiger partial charge in [0, 0.05) is 24.1 Å². The van der Waals surface area contributed by atoms with E-state index in [1.54, 1.807) is 28.8 Å². The van der Waals surface area contributed by atoms with Gasteiger partial charge in [-0.1, -0.05) is 54.6 Å². The molecule has 1 aliphatic carbocycles. The molecule has 1 heterocycles. The van der Waals surface area contributed by atoms with Crippen LogP contribution in [0.4, 0.5) is 0 Å². The number of hydrogen-bond donors (Lipinski definition) is 1. The average molecular weight is 360 g/mol. The fraction of sp³-hybridized carbons (Fsp3) is 0.143. The van der Waals surface area contributed by atoms with E-state index in [0.717, 1.165) is 5.56 Å². The number of aryl methyl sites for hydroxylation is 1. The SMILES string of the molecule is O=C(O)CCc1nc2c(n1Cc1ccccc1)C(=O)c1ccccc1C2=O. The number of carbonyl (C=O) groups is 3. The van der Waals surface area contributed by atoms with Crippen molar-refractivity contribution in [3.8, 4) is 0 Å². The summed E-state index contributed by atoms with van der Waals surface area (Å²) < 4.78 is 1.68. The van der Waals surface area contributed by atoms with Crippen molar-refractivity contribution in [3.63, 3.8) is 0 Å². The zero-order valence-electron chi connectivity index (χ0n) is 14.4. The van der Waals surface area contributed by atoms with Crippen LogP contribution in [0, 0.1) is 0 Å². The molecule has 0 saturated heterocycles. The second-order valence-electron chi connectivity index (χ2n) is 6.39. The topological polar surface area (TPSA) is 89.3 Å². The summed E-state index contributed by atoms with van der Waals surface area (Å²) >= 11 is 0. The Kier molecular flexibility index (Phi) is 4.16. The molecule has 0 atom stereocenters. The Balaban J connectivity index is 1.86. The quantitative estimate of drug-likeness (QED) is 0.591. The van der Waals surface area contributed by atoms with Crippen LogP contribution in [-0.4, -0.2) is 32.2 Å². The number of ketones is 2. The number of imidazole rings is 1. The molecule has 3 aromatic rings. The molecule has 0 unspecified atom stereocenters. The number of carbonyl (C=O) groups excluding carboxylic acids is 2. The summed E-state index contributed by atoms with van der Waals surface area (Å²) in [4.78, 5) is 41.4. The molecule has 1 aliphatic rings. The smallest absolute Gasteiger partial charge is 0.303 e. The van der Waals surface area contributed by atoms with Gasteiger partial charge in [-0.05, 0) is 5.56 Å². The average Bonchev–Trinajstić information content (AvgIpc) is 3.04. The third-order valence-electron chi connectivity index (χ3n) is 4.64. The van der Waals surface area contributed by atoms with E-state index in [9.17, 15) is 14.4 Å². The van der Waals surface area contributed by atoms with Crippen LogP contribution in [0.1, 0.15) is 49.9 Å². The van der Waals surface area contributed by atoms with Gasteiger partial charge in [-0.2, -0.15) is 0 Å². The highest BCUT2D eigenvalue weighted by Gasteiger charge is 2.35. The lowest BCUT2D eigenvalue weighted by Crippen LogP contribution is -2.23. The van der Waals surface area contributed by atoms with E-state index in [4.69, 9.17) is 5.11 Å².